The van der Waals surface area contributed by atoms with Gasteiger partial charge in [-0.05, 0) is 44.5 Å². The number of hydrogen-bond donors (Lipinski definition) is 1. The van der Waals surface area contributed by atoms with Gasteiger partial charge in [0.2, 0.25) is 0 Å². The topological polar surface area (TPSA) is 28.2 Å². The molecule has 0 aromatic carbocycles. The third kappa shape index (κ3) is 4.00. The Morgan fingerprint density at radius 2 is 2.06 bits per heavy atom. The molecule has 0 spiro atoms. The van der Waals surface area contributed by atoms with Gasteiger partial charge in [0.1, 0.15) is 5.82 Å². The van der Waals surface area contributed by atoms with Crippen molar-refractivity contribution in [1.82, 2.24) is 10.3 Å². The second kappa shape index (κ2) is 6.60. The maximum absolute atomic E-state index is 4.48. The van der Waals surface area contributed by atoms with Crippen LogP contribution in [0.2, 0.25) is 0 Å². The summed E-state index contributed by atoms with van der Waals surface area (Å²) in [5.74, 6) is 1.74. The lowest BCUT2D eigenvalue weighted by Gasteiger charge is -2.25. The van der Waals surface area contributed by atoms with Gasteiger partial charge in [0.15, 0.2) is 0 Å². The first-order chi connectivity index (χ1) is 8.08. The predicted octanol–water partition coefficient (Wildman–Crippen LogP) is 2.84. The van der Waals surface area contributed by atoms with Crippen LogP contribution in [-0.2, 0) is 0 Å². The van der Waals surface area contributed by atoms with Crippen molar-refractivity contribution in [1.29, 1.82) is 0 Å². The molecule has 1 unspecified atom stereocenters. The third-order valence-corrected chi connectivity index (χ3v) is 2.99. The molecule has 3 heteroatoms. The van der Waals surface area contributed by atoms with Gasteiger partial charge in [0, 0.05) is 25.3 Å². The Hall–Kier alpha value is -1.09. The molecule has 0 aliphatic carbocycles. The Kier molecular flexibility index (Phi) is 5.42. The molecule has 0 aliphatic heterocycles. The highest BCUT2D eigenvalue weighted by Crippen LogP contribution is 2.18. The number of pyridine rings is 1. The van der Waals surface area contributed by atoms with E-state index in [1.54, 1.807) is 0 Å². The van der Waals surface area contributed by atoms with E-state index in [1.165, 1.54) is 5.56 Å². The van der Waals surface area contributed by atoms with E-state index in [1.807, 2.05) is 13.2 Å². The fourth-order valence-electron chi connectivity index (χ4n) is 1.87. The van der Waals surface area contributed by atoms with Gasteiger partial charge in [0.25, 0.3) is 0 Å². The molecule has 1 heterocycles. The molecular formula is C14H25N3. The quantitative estimate of drug-likeness (QED) is 0.822. The molecule has 96 valence electrons. The van der Waals surface area contributed by atoms with Crippen LogP contribution < -0.4 is 10.2 Å². The standard InChI is InChI=1S/C14H25N3/c1-6-17(10-11(2)3)14-9-13(7-8-16-14)12(4)15-5/h7-9,11-12,15H,6,10H2,1-5H3. The number of nitrogens with zero attached hydrogens (tertiary/aromatic N) is 2. The van der Waals surface area contributed by atoms with Gasteiger partial charge in [-0.1, -0.05) is 13.8 Å². The second-order valence-electron chi connectivity index (χ2n) is 4.89. The van der Waals surface area contributed by atoms with Gasteiger partial charge in [-0.15, -0.1) is 0 Å². The summed E-state index contributed by atoms with van der Waals surface area (Å²) in [4.78, 5) is 6.81. The van der Waals surface area contributed by atoms with Crippen molar-refractivity contribution in [3.8, 4) is 0 Å². The molecule has 1 atom stereocenters. The van der Waals surface area contributed by atoms with Gasteiger partial charge < -0.3 is 10.2 Å². The molecule has 0 saturated heterocycles. The van der Waals surface area contributed by atoms with Crippen LogP contribution in [0, 0.1) is 5.92 Å². The molecule has 3 nitrogen and oxygen atoms in total. The van der Waals surface area contributed by atoms with Crippen LogP contribution in [-0.4, -0.2) is 25.1 Å². The Morgan fingerprint density at radius 1 is 1.35 bits per heavy atom. The first-order valence-corrected chi connectivity index (χ1v) is 6.46. The number of rotatable bonds is 6. The maximum atomic E-state index is 4.48. The average molecular weight is 235 g/mol. The summed E-state index contributed by atoms with van der Waals surface area (Å²) in [5.41, 5.74) is 1.29. The third-order valence-electron chi connectivity index (χ3n) is 2.99. The van der Waals surface area contributed by atoms with E-state index in [0.717, 1.165) is 18.9 Å². The van der Waals surface area contributed by atoms with Gasteiger partial charge in [-0.25, -0.2) is 4.98 Å². The van der Waals surface area contributed by atoms with Gasteiger partial charge in [-0.3, -0.25) is 0 Å². The molecule has 1 aromatic heterocycles. The summed E-state index contributed by atoms with van der Waals surface area (Å²) in [6.07, 6.45) is 1.90. The van der Waals surface area contributed by atoms with Crippen LogP contribution in [0.1, 0.15) is 39.3 Å². The molecule has 1 rings (SSSR count). The van der Waals surface area contributed by atoms with Crippen LogP contribution in [0.3, 0.4) is 0 Å². The molecule has 0 amide bonds. The lowest BCUT2D eigenvalue weighted by atomic mass is 10.1. The molecule has 1 aromatic rings. The van der Waals surface area contributed by atoms with E-state index in [0.29, 0.717) is 12.0 Å². The summed E-state index contributed by atoms with van der Waals surface area (Å²) in [6, 6.07) is 4.63. The number of anilines is 1. The average Bonchev–Trinajstić information content (AvgIpc) is 2.34. The Labute approximate surface area is 105 Å². The minimum Gasteiger partial charge on any atom is -0.357 e. The predicted molar refractivity (Wildman–Crippen MR) is 74.4 cm³/mol. The Morgan fingerprint density at radius 3 is 2.59 bits per heavy atom. The van der Waals surface area contributed by atoms with Crippen molar-refractivity contribution in [3.05, 3.63) is 23.9 Å². The van der Waals surface area contributed by atoms with Crippen LogP contribution in [0.5, 0.6) is 0 Å². The first kappa shape index (κ1) is 14.0. The molecule has 0 aliphatic rings. The van der Waals surface area contributed by atoms with Gasteiger partial charge >= 0.3 is 0 Å². The summed E-state index contributed by atoms with van der Waals surface area (Å²) < 4.78 is 0. The highest BCUT2D eigenvalue weighted by Gasteiger charge is 2.10. The number of nitrogens with one attached hydrogen (secondary N) is 1. The molecule has 0 fully saturated rings. The first-order valence-electron chi connectivity index (χ1n) is 6.46. The van der Waals surface area contributed by atoms with Crippen LogP contribution in [0.25, 0.3) is 0 Å². The molecule has 0 saturated carbocycles. The zero-order valence-electron chi connectivity index (χ0n) is 11.7. The molecule has 0 radical (unpaired) electrons. The summed E-state index contributed by atoms with van der Waals surface area (Å²) in [7, 11) is 1.98. The van der Waals surface area contributed by atoms with Crippen molar-refractivity contribution < 1.29 is 0 Å². The van der Waals surface area contributed by atoms with E-state index in [2.05, 4.69) is 55.0 Å². The smallest absolute Gasteiger partial charge is 0.128 e. The lowest BCUT2D eigenvalue weighted by molar-refractivity contribution is 0.612. The fourth-order valence-corrected chi connectivity index (χ4v) is 1.87. The van der Waals surface area contributed by atoms with Crippen molar-refractivity contribution in [3.63, 3.8) is 0 Å². The Balaban J connectivity index is 2.88. The van der Waals surface area contributed by atoms with Crippen LogP contribution in [0.15, 0.2) is 18.3 Å². The minimum absolute atomic E-state index is 0.370. The second-order valence-corrected chi connectivity index (χ2v) is 4.89. The SMILES string of the molecule is CCN(CC(C)C)c1cc(C(C)NC)ccn1. The van der Waals surface area contributed by atoms with Gasteiger partial charge in [-0.2, -0.15) is 0 Å². The van der Waals surface area contributed by atoms with E-state index in [-0.39, 0.29) is 0 Å². The lowest BCUT2D eigenvalue weighted by Crippen LogP contribution is -2.28. The summed E-state index contributed by atoms with van der Waals surface area (Å²) in [5, 5.41) is 3.26. The zero-order valence-corrected chi connectivity index (χ0v) is 11.7. The van der Waals surface area contributed by atoms with E-state index < -0.39 is 0 Å². The minimum atomic E-state index is 0.370. The van der Waals surface area contributed by atoms with Crippen LogP contribution in [0.4, 0.5) is 5.82 Å². The van der Waals surface area contributed by atoms with Crippen molar-refractivity contribution >= 4 is 5.82 Å². The molecule has 1 N–H and O–H groups in total. The van der Waals surface area contributed by atoms with Crippen molar-refractivity contribution in [2.75, 3.05) is 25.0 Å². The van der Waals surface area contributed by atoms with E-state index >= 15 is 0 Å². The summed E-state index contributed by atoms with van der Waals surface area (Å²) in [6.45, 7) is 10.9. The van der Waals surface area contributed by atoms with E-state index in [9.17, 15) is 0 Å². The Bertz CT molecular complexity index is 336. The number of hydrogen-bond acceptors (Lipinski definition) is 3. The monoisotopic (exact) mass is 235 g/mol. The highest BCUT2D eigenvalue weighted by atomic mass is 15.2. The van der Waals surface area contributed by atoms with Crippen LogP contribution >= 0.6 is 0 Å². The summed E-state index contributed by atoms with van der Waals surface area (Å²) >= 11 is 0. The normalized spacial score (nSPS) is 12.8. The molecule has 0 bridgehead atoms. The number of aromatic nitrogens is 1. The van der Waals surface area contributed by atoms with Gasteiger partial charge in [0.05, 0.1) is 0 Å². The highest BCUT2D eigenvalue weighted by molar-refractivity contribution is 5.41. The molecule has 17 heavy (non-hydrogen) atoms. The zero-order chi connectivity index (χ0) is 12.8. The largest absolute Gasteiger partial charge is 0.357 e. The molecular weight excluding hydrogens is 210 g/mol. The van der Waals surface area contributed by atoms with Crippen molar-refractivity contribution in [2.45, 2.75) is 33.7 Å². The van der Waals surface area contributed by atoms with Crippen molar-refractivity contribution in [2.24, 2.45) is 5.92 Å². The van der Waals surface area contributed by atoms with E-state index in [4.69, 9.17) is 0 Å². The fraction of sp³-hybridized carbons (Fsp3) is 0.643. The maximum Gasteiger partial charge on any atom is 0.128 e.